The highest BCUT2D eigenvalue weighted by Gasteiger charge is 2.10. The Hall–Kier alpha value is -1.12. The smallest absolute Gasteiger partial charge is 0.341 e. The number of ether oxygens (including phenoxy) is 1. The van der Waals surface area contributed by atoms with Gasteiger partial charge >= 0.3 is 11.9 Å². The molecule has 0 aliphatic heterocycles. The van der Waals surface area contributed by atoms with Crippen LogP contribution in [0.3, 0.4) is 0 Å². The number of esters is 2. The van der Waals surface area contributed by atoms with E-state index in [1.807, 2.05) is 6.92 Å². The van der Waals surface area contributed by atoms with Crippen molar-refractivity contribution in [2.45, 2.75) is 33.1 Å². The van der Waals surface area contributed by atoms with Gasteiger partial charge in [-0.3, -0.25) is 4.79 Å². The summed E-state index contributed by atoms with van der Waals surface area (Å²) in [4.78, 5) is 21.7. The van der Waals surface area contributed by atoms with Crippen molar-refractivity contribution in [2.24, 2.45) is 0 Å². The number of hydrogen-bond acceptors (Lipinski definition) is 3. The van der Waals surface area contributed by atoms with Crippen molar-refractivity contribution in [1.29, 1.82) is 0 Å². The van der Waals surface area contributed by atoms with Crippen molar-refractivity contribution < 1.29 is 14.3 Å². The van der Waals surface area contributed by atoms with Crippen LogP contribution in [0.5, 0.6) is 0 Å². The number of hydrogen-bond donors (Lipinski definition) is 0. The molecular formula is C9H14O3. The first-order chi connectivity index (χ1) is 5.61. The van der Waals surface area contributed by atoms with Crippen molar-refractivity contribution in [3.63, 3.8) is 0 Å². The Morgan fingerprint density at radius 2 is 1.92 bits per heavy atom. The van der Waals surface area contributed by atoms with Crippen molar-refractivity contribution >= 4 is 11.9 Å². The maximum atomic E-state index is 10.9. The molecule has 0 saturated carbocycles. The molecule has 0 heterocycles. The molecule has 0 bridgehead atoms. The molecule has 0 atom stereocenters. The quantitative estimate of drug-likeness (QED) is 0.367. The first-order valence-corrected chi connectivity index (χ1v) is 4.04. The molecule has 0 radical (unpaired) electrons. The average molecular weight is 170 g/mol. The third kappa shape index (κ3) is 3.91. The van der Waals surface area contributed by atoms with E-state index in [-0.39, 0.29) is 6.42 Å². The van der Waals surface area contributed by atoms with E-state index in [9.17, 15) is 9.59 Å². The summed E-state index contributed by atoms with van der Waals surface area (Å²) in [5.74, 6) is -1.08. The summed E-state index contributed by atoms with van der Waals surface area (Å²) in [5, 5.41) is 0. The zero-order valence-electron chi connectivity index (χ0n) is 7.55. The molecule has 0 aromatic rings. The lowest BCUT2D eigenvalue weighted by Gasteiger charge is -2.01. The fourth-order valence-corrected chi connectivity index (χ4v) is 0.575. The fourth-order valence-electron chi connectivity index (χ4n) is 0.575. The minimum Gasteiger partial charge on any atom is -0.390 e. The molecular weight excluding hydrogens is 156 g/mol. The molecule has 0 fully saturated rings. The molecule has 68 valence electrons. The highest BCUT2D eigenvalue weighted by atomic mass is 16.6. The number of carbonyl (C=O) groups excluding carboxylic acids is 2. The first-order valence-electron chi connectivity index (χ1n) is 4.04. The van der Waals surface area contributed by atoms with E-state index in [1.165, 1.54) is 0 Å². The third-order valence-corrected chi connectivity index (χ3v) is 1.38. The highest BCUT2D eigenvalue weighted by molar-refractivity contribution is 5.95. The van der Waals surface area contributed by atoms with Gasteiger partial charge in [0.25, 0.3) is 0 Å². The minimum absolute atomic E-state index is 0.280. The van der Waals surface area contributed by atoms with E-state index in [4.69, 9.17) is 0 Å². The van der Waals surface area contributed by atoms with Crippen LogP contribution < -0.4 is 0 Å². The van der Waals surface area contributed by atoms with Crippen LogP contribution in [0.25, 0.3) is 0 Å². The van der Waals surface area contributed by atoms with Gasteiger partial charge in [-0.1, -0.05) is 20.4 Å². The highest BCUT2D eigenvalue weighted by Crippen LogP contribution is 2.01. The minimum atomic E-state index is -0.601. The van der Waals surface area contributed by atoms with Crippen LogP contribution >= 0.6 is 0 Å². The van der Waals surface area contributed by atoms with Crippen molar-refractivity contribution in [2.75, 3.05) is 0 Å². The predicted octanol–water partition coefficient (Wildman–Crippen LogP) is 1.82. The predicted molar refractivity (Wildman–Crippen MR) is 45.4 cm³/mol. The van der Waals surface area contributed by atoms with Crippen LogP contribution in [-0.4, -0.2) is 11.9 Å². The largest absolute Gasteiger partial charge is 0.390 e. The standard InChI is InChI=1S/C9H14O3/c1-4-6-8(10)12-9(11)7(3)5-2/h3-6H2,1-2H3. The maximum absolute atomic E-state index is 10.9. The van der Waals surface area contributed by atoms with Crippen LogP contribution in [0, 0.1) is 0 Å². The molecule has 0 amide bonds. The summed E-state index contributed by atoms with van der Waals surface area (Å²) in [6.07, 6.45) is 1.48. The second kappa shape index (κ2) is 5.52. The van der Waals surface area contributed by atoms with E-state index in [0.29, 0.717) is 18.4 Å². The summed E-state index contributed by atoms with van der Waals surface area (Å²) in [5.41, 5.74) is 0.333. The zero-order valence-corrected chi connectivity index (χ0v) is 7.55. The van der Waals surface area contributed by atoms with Gasteiger partial charge in [0.15, 0.2) is 0 Å². The van der Waals surface area contributed by atoms with Gasteiger partial charge < -0.3 is 4.74 Å². The van der Waals surface area contributed by atoms with E-state index in [1.54, 1.807) is 6.92 Å². The zero-order chi connectivity index (χ0) is 9.56. The van der Waals surface area contributed by atoms with Gasteiger partial charge in [-0.25, -0.2) is 4.79 Å². The molecule has 0 rings (SSSR count). The lowest BCUT2D eigenvalue weighted by Crippen LogP contribution is -2.12. The van der Waals surface area contributed by atoms with Crippen LogP contribution in [0.4, 0.5) is 0 Å². The molecule has 0 aliphatic rings. The second-order valence-corrected chi connectivity index (χ2v) is 2.47. The Kier molecular flexibility index (Phi) is 5.00. The van der Waals surface area contributed by atoms with E-state index in [0.717, 1.165) is 0 Å². The number of rotatable bonds is 4. The van der Waals surface area contributed by atoms with Gasteiger partial charge in [-0.2, -0.15) is 0 Å². The van der Waals surface area contributed by atoms with E-state index < -0.39 is 11.9 Å². The van der Waals surface area contributed by atoms with Gasteiger partial charge in [-0.15, -0.1) is 0 Å². The van der Waals surface area contributed by atoms with Crippen LogP contribution in [0.15, 0.2) is 12.2 Å². The lowest BCUT2D eigenvalue weighted by molar-refractivity contribution is -0.156. The number of carbonyl (C=O) groups is 2. The molecule has 0 unspecified atom stereocenters. The van der Waals surface area contributed by atoms with Crippen molar-refractivity contribution in [3.05, 3.63) is 12.2 Å². The van der Waals surface area contributed by atoms with E-state index in [2.05, 4.69) is 11.3 Å². The van der Waals surface area contributed by atoms with Crippen molar-refractivity contribution in [3.8, 4) is 0 Å². The average Bonchev–Trinajstić information content (AvgIpc) is 2.03. The third-order valence-electron chi connectivity index (χ3n) is 1.38. The normalized spacial score (nSPS) is 9.17. The summed E-state index contributed by atoms with van der Waals surface area (Å²) < 4.78 is 4.47. The maximum Gasteiger partial charge on any atom is 0.341 e. The summed E-state index contributed by atoms with van der Waals surface area (Å²) in [6, 6.07) is 0. The van der Waals surface area contributed by atoms with Gasteiger partial charge in [0.1, 0.15) is 0 Å². The van der Waals surface area contributed by atoms with Gasteiger partial charge in [0.05, 0.1) is 0 Å². The second-order valence-electron chi connectivity index (χ2n) is 2.47. The molecule has 0 spiro atoms. The molecule has 0 N–H and O–H groups in total. The Labute approximate surface area is 72.4 Å². The molecule has 0 aromatic carbocycles. The first kappa shape index (κ1) is 10.9. The Balaban J connectivity index is 3.84. The Morgan fingerprint density at radius 1 is 1.33 bits per heavy atom. The molecule has 3 nitrogen and oxygen atoms in total. The van der Waals surface area contributed by atoms with Crippen molar-refractivity contribution in [1.82, 2.24) is 0 Å². The molecule has 0 saturated heterocycles. The summed E-state index contributed by atoms with van der Waals surface area (Å²) in [7, 11) is 0. The topological polar surface area (TPSA) is 43.4 Å². The molecule has 0 aliphatic carbocycles. The fraction of sp³-hybridized carbons (Fsp3) is 0.556. The van der Waals surface area contributed by atoms with E-state index >= 15 is 0 Å². The monoisotopic (exact) mass is 170 g/mol. The summed E-state index contributed by atoms with van der Waals surface area (Å²) >= 11 is 0. The van der Waals surface area contributed by atoms with Crippen LogP contribution in [0.1, 0.15) is 33.1 Å². The van der Waals surface area contributed by atoms with Gasteiger partial charge in [-0.05, 0) is 12.8 Å². The lowest BCUT2D eigenvalue weighted by atomic mass is 10.2. The van der Waals surface area contributed by atoms with Crippen LogP contribution in [-0.2, 0) is 14.3 Å². The molecule has 0 aromatic heterocycles. The SMILES string of the molecule is C=C(CC)C(=O)OC(=O)CCC. The summed E-state index contributed by atoms with van der Waals surface area (Å²) in [6.45, 7) is 7.09. The van der Waals surface area contributed by atoms with Crippen LogP contribution in [0.2, 0.25) is 0 Å². The molecule has 12 heavy (non-hydrogen) atoms. The Morgan fingerprint density at radius 3 is 2.33 bits per heavy atom. The Bertz CT molecular complexity index is 194. The molecule has 3 heteroatoms. The van der Waals surface area contributed by atoms with Gasteiger partial charge in [0.2, 0.25) is 0 Å². The van der Waals surface area contributed by atoms with Gasteiger partial charge in [0, 0.05) is 12.0 Å².